The molecule has 1 aliphatic heterocycles. The molecule has 4 amide bonds. The van der Waals surface area contributed by atoms with Crippen LogP contribution in [0.2, 0.25) is 0 Å². The first kappa shape index (κ1) is 41.5. The lowest BCUT2D eigenvalue weighted by atomic mass is 10.0. The number of carbonyl (C=O) groups is 5. The molecule has 1 heterocycles. The molecular weight excluding hydrogens is 604 g/mol. The number of alkyl carbamates (subject to hydrolysis) is 1. The van der Waals surface area contributed by atoms with Crippen LogP contribution in [0.3, 0.4) is 0 Å². The van der Waals surface area contributed by atoms with Crippen LogP contribution in [0.25, 0.3) is 0 Å². The van der Waals surface area contributed by atoms with E-state index in [2.05, 4.69) is 16.0 Å². The summed E-state index contributed by atoms with van der Waals surface area (Å²) in [5.74, 6) is -1.55. The molecule has 2 rings (SSSR count). The van der Waals surface area contributed by atoms with Crippen LogP contribution in [0.4, 0.5) is 4.79 Å². The van der Waals surface area contributed by atoms with E-state index in [9.17, 15) is 24.0 Å². The number of aldehydes is 1. The largest absolute Gasteiger partial charge is 0.445 e. The number of hydrogen-bond acceptors (Lipinski definition) is 8. The average molecular weight is 663 g/mol. The lowest BCUT2D eigenvalue weighted by molar-refractivity contribution is -0.143. The second-order valence-corrected chi connectivity index (χ2v) is 12.2. The van der Waals surface area contributed by atoms with Gasteiger partial charge < -0.3 is 39.9 Å². The number of unbranched alkanes of at least 4 members (excludes halogenated alkanes) is 1. The summed E-state index contributed by atoms with van der Waals surface area (Å²) in [7, 11) is 0. The molecule has 12 nitrogen and oxygen atoms in total. The molecule has 0 aromatic heterocycles. The highest BCUT2D eigenvalue weighted by atomic mass is 16.7. The molecule has 0 radical (unpaired) electrons. The van der Waals surface area contributed by atoms with Crippen LogP contribution in [0.15, 0.2) is 30.3 Å². The van der Waals surface area contributed by atoms with Crippen LogP contribution < -0.4 is 16.0 Å². The molecule has 47 heavy (non-hydrogen) atoms. The van der Waals surface area contributed by atoms with Gasteiger partial charge in [-0.25, -0.2) is 4.79 Å². The Morgan fingerprint density at radius 1 is 0.915 bits per heavy atom. The van der Waals surface area contributed by atoms with Gasteiger partial charge >= 0.3 is 6.09 Å². The number of rotatable bonds is 18. The summed E-state index contributed by atoms with van der Waals surface area (Å²) in [4.78, 5) is 65.2. The van der Waals surface area contributed by atoms with Gasteiger partial charge in [0, 0.05) is 19.8 Å². The highest BCUT2D eigenvalue weighted by Crippen LogP contribution is 2.21. The molecule has 0 unspecified atom stereocenters. The third-order valence-corrected chi connectivity index (χ3v) is 7.71. The number of amides is 4. The third kappa shape index (κ3) is 15.3. The maximum atomic E-state index is 13.6. The van der Waals surface area contributed by atoms with E-state index < -0.39 is 36.2 Å². The molecule has 1 aromatic rings. The third-order valence-electron chi connectivity index (χ3n) is 7.71. The molecule has 1 aliphatic rings. The zero-order chi connectivity index (χ0) is 35.4. The van der Waals surface area contributed by atoms with Gasteiger partial charge in [-0.2, -0.15) is 0 Å². The molecule has 1 saturated heterocycles. The fourth-order valence-electron chi connectivity index (χ4n) is 4.97. The van der Waals surface area contributed by atoms with Crippen molar-refractivity contribution in [1.29, 1.82) is 0 Å². The number of carbonyl (C=O) groups excluding carboxylic acids is 5. The van der Waals surface area contributed by atoms with E-state index in [1.807, 2.05) is 85.7 Å². The minimum atomic E-state index is -0.885. The van der Waals surface area contributed by atoms with Crippen molar-refractivity contribution in [2.45, 2.75) is 125 Å². The Balaban J connectivity index is 0.00000122. The molecule has 4 atom stereocenters. The fraction of sp³-hybridized carbons (Fsp3) is 0.686. The highest BCUT2D eigenvalue weighted by molar-refractivity contribution is 5.94. The van der Waals surface area contributed by atoms with Crippen molar-refractivity contribution in [2.75, 3.05) is 19.8 Å². The zero-order valence-corrected chi connectivity index (χ0v) is 29.6. The van der Waals surface area contributed by atoms with Crippen molar-refractivity contribution < 1.29 is 38.2 Å². The summed E-state index contributed by atoms with van der Waals surface area (Å²) in [6.45, 7) is 17.0. The van der Waals surface area contributed by atoms with E-state index in [4.69, 9.17) is 14.2 Å². The maximum absolute atomic E-state index is 13.6. The number of nitrogens with zero attached hydrogens (tertiary/aromatic N) is 1. The standard InChI is InChI=1S/C29H44N4O6.C6H14O2/c1-6-7-14-22(31-29(38)39-18-21-12-9-8-10-13-21)26(35)32-25(20(4)5)28(37)33-16-11-15-24(33)27(36)30-23(17-34)19(2)3;1-4-7-6(3)8-5-2/h8-10,12-13,17,19-20,22-25H,6-7,11,14-16,18H2,1-5H3,(H,30,36)(H,31,38)(H,32,35);6H,4-5H2,1-3H3/t22-,23+,24-,25-;/m0./s1. The molecule has 12 heteroatoms. The van der Waals surface area contributed by atoms with Gasteiger partial charge in [0.15, 0.2) is 6.29 Å². The lowest BCUT2D eigenvalue weighted by Crippen LogP contribution is -2.58. The van der Waals surface area contributed by atoms with Gasteiger partial charge in [0.2, 0.25) is 17.7 Å². The fourth-order valence-corrected chi connectivity index (χ4v) is 4.97. The van der Waals surface area contributed by atoms with Gasteiger partial charge in [-0.1, -0.05) is 77.8 Å². The Morgan fingerprint density at radius 2 is 1.55 bits per heavy atom. The van der Waals surface area contributed by atoms with Crippen molar-refractivity contribution in [2.24, 2.45) is 11.8 Å². The van der Waals surface area contributed by atoms with Crippen molar-refractivity contribution in [1.82, 2.24) is 20.9 Å². The minimum absolute atomic E-state index is 0.0370. The van der Waals surface area contributed by atoms with E-state index in [0.29, 0.717) is 38.5 Å². The van der Waals surface area contributed by atoms with Crippen molar-refractivity contribution in [3.05, 3.63) is 35.9 Å². The number of likely N-dealkylation sites (tertiary alicyclic amines) is 1. The molecule has 0 aliphatic carbocycles. The zero-order valence-electron chi connectivity index (χ0n) is 29.6. The Kier molecular flexibility index (Phi) is 20.2. The van der Waals surface area contributed by atoms with Crippen LogP contribution >= 0.6 is 0 Å². The molecular formula is C35H58N4O8. The van der Waals surface area contributed by atoms with Gasteiger partial charge in [-0.05, 0) is 57.4 Å². The molecule has 0 bridgehead atoms. The summed E-state index contributed by atoms with van der Waals surface area (Å²) in [6.07, 6.45) is 2.98. The Labute approximate surface area is 281 Å². The van der Waals surface area contributed by atoms with Gasteiger partial charge in [-0.3, -0.25) is 14.4 Å². The first-order valence-electron chi connectivity index (χ1n) is 17.0. The molecule has 1 aromatic carbocycles. The number of ether oxygens (including phenoxy) is 3. The van der Waals surface area contributed by atoms with E-state index >= 15 is 0 Å². The molecule has 0 spiro atoms. The minimum Gasteiger partial charge on any atom is -0.445 e. The Hall–Kier alpha value is -3.51. The summed E-state index contributed by atoms with van der Waals surface area (Å²) in [5.41, 5.74) is 0.824. The van der Waals surface area contributed by atoms with E-state index in [-0.39, 0.29) is 36.5 Å². The van der Waals surface area contributed by atoms with E-state index in [1.165, 1.54) is 4.90 Å². The number of nitrogens with one attached hydrogen (secondary N) is 3. The summed E-state index contributed by atoms with van der Waals surface area (Å²) < 4.78 is 15.4. The van der Waals surface area contributed by atoms with Gasteiger partial charge in [0.25, 0.3) is 0 Å². The number of hydrogen-bond donors (Lipinski definition) is 3. The molecule has 0 saturated carbocycles. The average Bonchev–Trinajstić information content (AvgIpc) is 3.54. The quantitative estimate of drug-likeness (QED) is 0.155. The first-order chi connectivity index (χ1) is 22.4. The van der Waals surface area contributed by atoms with Crippen LogP contribution in [-0.2, 0) is 40.0 Å². The van der Waals surface area contributed by atoms with Crippen LogP contribution in [0.5, 0.6) is 0 Å². The first-order valence-corrected chi connectivity index (χ1v) is 17.0. The number of benzene rings is 1. The predicted molar refractivity (Wildman–Crippen MR) is 180 cm³/mol. The van der Waals surface area contributed by atoms with Crippen LogP contribution in [0.1, 0.15) is 93.1 Å². The maximum Gasteiger partial charge on any atom is 0.408 e. The van der Waals surface area contributed by atoms with Crippen molar-refractivity contribution in [3.63, 3.8) is 0 Å². The molecule has 3 N–H and O–H groups in total. The molecule has 266 valence electrons. The summed E-state index contributed by atoms with van der Waals surface area (Å²) >= 11 is 0. The van der Waals surface area contributed by atoms with Crippen molar-refractivity contribution >= 4 is 30.1 Å². The van der Waals surface area contributed by atoms with Gasteiger partial charge in [-0.15, -0.1) is 0 Å². The highest BCUT2D eigenvalue weighted by Gasteiger charge is 2.40. The molecule has 1 fully saturated rings. The normalized spacial score (nSPS) is 16.1. The van der Waals surface area contributed by atoms with Crippen molar-refractivity contribution in [3.8, 4) is 0 Å². The van der Waals surface area contributed by atoms with Crippen LogP contribution in [0, 0.1) is 11.8 Å². The van der Waals surface area contributed by atoms with Crippen LogP contribution in [-0.4, -0.2) is 85.2 Å². The SMILES string of the molecule is CCCC[C@H](NC(=O)OCc1ccccc1)C(=O)N[C@H](C(=O)N1CCC[C@H]1C(=O)N[C@H](C=O)C(C)C)C(C)C.CCOC(C)OCC. The topological polar surface area (TPSA) is 152 Å². The Morgan fingerprint density at radius 3 is 2.09 bits per heavy atom. The monoisotopic (exact) mass is 662 g/mol. The van der Waals surface area contributed by atoms with E-state index in [0.717, 1.165) is 25.2 Å². The summed E-state index contributed by atoms with van der Waals surface area (Å²) in [5, 5.41) is 8.21. The Bertz CT molecular complexity index is 1080. The van der Waals surface area contributed by atoms with Gasteiger partial charge in [0.05, 0.1) is 6.04 Å². The second kappa shape index (κ2) is 22.9. The predicted octanol–water partition coefficient (Wildman–Crippen LogP) is 4.35. The van der Waals surface area contributed by atoms with Gasteiger partial charge in [0.1, 0.15) is 31.0 Å². The van der Waals surface area contributed by atoms with E-state index in [1.54, 1.807) is 0 Å². The summed E-state index contributed by atoms with van der Waals surface area (Å²) in [6, 6.07) is 6.12. The lowest BCUT2D eigenvalue weighted by Gasteiger charge is -2.32. The second-order valence-electron chi connectivity index (χ2n) is 12.2. The smallest absolute Gasteiger partial charge is 0.408 e.